The van der Waals surface area contributed by atoms with Crippen LogP contribution in [-0.4, -0.2) is 31.0 Å². The minimum atomic E-state index is -6.72. The van der Waals surface area contributed by atoms with Crippen LogP contribution in [0.15, 0.2) is 18.2 Å². The predicted octanol–water partition coefficient (Wildman–Crippen LogP) is 3.60. The highest BCUT2D eigenvalue weighted by Gasteiger charge is 2.74. The Kier molecular flexibility index (Phi) is 4.75. The lowest BCUT2D eigenvalue weighted by Crippen LogP contribution is -2.50. The zero-order valence-corrected chi connectivity index (χ0v) is 11.4. The number of rotatable bonds is 4. The molecule has 0 saturated carbocycles. The van der Waals surface area contributed by atoms with Gasteiger partial charge >= 0.3 is 33.6 Å². The summed E-state index contributed by atoms with van der Waals surface area (Å²) in [6.45, 7) is 0. The smallest absolute Gasteiger partial charge is 0.355 e. The highest BCUT2D eigenvalue weighted by atomic mass is 32.2. The fourth-order valence-corrected chi connectivity index (χ4v) is 1.55. The molecule has 0 unspecified atom stereocenters. The molecule has 0 atom stereocenters. The number of alkyl halides is 10. The van der Waals surface area contributed by atoms with E-state index in [1.807, 2.05) is 0 Å². The van der Waals surface area contributed by atoms with Crippen LogP contribution in [0, 0.1) is 0 Å². The third kappa shape index (κ3) is 3.49. The van der Waals surface area contributed by atoms with E-state index in [0.29, 0.717) is 0 Å². The van der Waals surface area contributed by atoms with Crippen molar-refractivity contribution in [1.82, 2.24) is 4.98 Å². The fourth-order valence-electron chi connectivity index (χ4n) is 1.13. The van der Waals surface area contributed by atoms with Crippen LogP contribution in [0.3, 0.4) is 0 Å². The zero-order chi connectivity index (χ0) is 19.2. The van der Waals surface area contributed by atoms with Crippen molar-refractivity contribution >= 4 is 10.1 Å². The maximum Gasteiger partial charge on any atom is 0.534 e. The Balaban J connectivity index is 3.32. The van der Waals surface area contributed by atoms with E-state index in [9.17, 15) is 52.3 Å². The molecule has 0 saturated heterocycles. The van der Waals surface area contributed by atoms with Crippen molar-refractivity contribution < 1.29 is 56.5 Å². The summed E-state index contributed by atoms with van der Waals surface area (Å²) in [5.41, 5.74) is -8.36. The minimum Gasteiger partial charge on any atom is -0.355 e. The topological polar surface area (TPSA) is 56.3 Å². The number of nitrogens with zero attached hydrogens (tertiary/aromatic N) is 1. The van der Waals surface area contributed by atoms with Crippen LogP contribution in [0.1, 0.15) is 5.69 Å². The van der Waals surface area contributed by atoms with Crippen molar-refractivity contribution in [1.29, 1.82) is 0 Å². The number of hydrogen-bond acceptors (Lipinski definition) is 4. The maximum atomic E-state index is 13.3. The van der Waals surface area contributed by atoms with Crippen LogP contribution < -0.4 is 4.18 Å². The molecule has 138 valence electrons. The van der Waals surface area contributed by atoms with Crippen molar-refractivity contribution in [3.05, 3.63) is 23.9 Å². The molecule has 1 rings (SSSR count). The molecule has 1 aromatic heterocycles. The molecule has 0 aromatic carbocycles. The van der Waals surface area contributed by atoms with E-state index in [2.05, 4.69) is 9.17 Å². The summed E-state index contributed by atoms with van der Waals surface area (Å²) in [6, 6.07) is 0.408. The third-order valence-electron chi connectivity index (χ3n) is 2.27. The third-order valence-corrected chi connectivity index (χ3v) is 3.23. The molecule has 4 nitrogen and oxygen atoms in total. The van der Waals surface area contributed by atoms with Crippen molar-refractivity contribution in [3.8, 4) is 5.88 Å². The summed E-state index contributed by atoms with van der Waals surface area (Å²) in [6.07, 6.45) is -6.72. The molecule has 15 heteroatoms. The second-order valence-electron chi connectivity index (χ2n) is 3.99. The first-order valence-electron chi connectivity index (χ1n) is 5.24. The van der Waals surface area contributed by atoms with E-state index in [0.717, 1.165) is 0 Å². The van der Waals surface area contributed by atoms with Gasteiger partial charge in [-0.2, -0.15) is 52.3 Å². The van der Waals surface area contributed by atoms with Crippen LogP contribution in [0.4, 0.5) is 43.9 Å². The quantitative estimate of drug-likeness (QED) is 0.444. The van der Waals surface area contributed by atoms with Crippen LogP contribution in [-0.2, 0) is 16.0 Å². The highest BCUT2D eigenvalue weighted by molar-refractivity contribution is 7.87. The van der Waals surface area contributed by atoms with Gasteiger partial charge in [0.05, 0.1) is 0 Å². The number of pyridine rings is 1. The first-order chi connectivity index (χ1) is 10.4. The molecule has 0 aliphatic heterocycles. The van der Waals surface area contributed by atoms with Gasteiger partial charge in [-0.05, 0) is 6.07 Å². The molecule has 0 amide bonds. The molecular formula is C9H3F10NO3S. The van der Waals surface area contributed by atoms with Gasteiger partial charge in [-0.3, -0.25) is 0 Å². The summed E-state index contributed by atoms with van der Waals surface area (Å²) in [5, 5.41) is 0. The molecule has 1 aromatic rings. The van der Waals surface area contributed by atoms with Crippen LogP contribution in [0.2, 0.25) is 0 Å². The number of halogens is 10. The lowest BCUT2D eigenvalue weighted by molar-refractivity contribution is -0.360. The average Bonchev–Trinajstić information content (AvgIpc) is 2.35. The summed E-state index contributed by atoms with van der Waals surface area (Å²) in [7, 11) is -6.39. The molecule has 0 fully saturated rings. The molecule has 24 heavy (non-hydrogen) atoms. The van der Waals surface area contributed by atoms with Gasteiger partial charge in [-0.15, -0.1) is 0 Å². The number of hydrogen-bond donors (Lipinski definition) is 0. The van der Waals surface area contributed by atoms with Gasteiger partial charge < -0.3 is 4.18 Å². The van der Waals surface area contributed by atoms with E-state index in [-0.39, 0.29) is 18.2 Å². The predicted molar refractivity (Wildman–Crippen MR) is 54.7 cm³/mol. The van der Waals surface area contributed by atoms with Crippen molar-refractivity contribution in [2.45, 2.75) is 23.5 Å². The van der Waals surface area contributed by atoms with E-state index >= 15 is 0 Å². The zero-order valence-electron chi connectivity index (χ0n) is 10.6. The lowest BCUT2D eigenvalue weighted by Gasteiger charge is -2.27. The van der Waals surface area contributed by atoms with Gasteiger partial charge in [0.1, 0.15) is 5.69 Å². The minimum absolute atomic E-state index is 0.0767. The van der Waals surface area contributed by atoms with Crippen LogP contribution >= 0.6 is 0 Å². The van der Waals surface area contributed by atoms with Crippen molar-refractivity contribution in [2.75, 3.05) is 0 Å². The molecular weight excluding hydrogens is 392 g/mol. The second kappa shape index (κ2) is 5.63. The molecule has 0 aliphatic rings. The molecule has 0 bridgehead atoms. The van der Waals surface area contributed by atoms with Gasteiger partial charge in [0.2, 0.25) is 5.88 Å². The summed E-state index contributed by atoms with van der Waals surface area (Å²) in [5.74, 6) is -14.4. The first kappa shape index (κ1) is 20.2. The number of aromatic nitrogens is 1. The highest BCUT2D eigenvalue weighted by Crippen LogP contribution is 2.51. The normalized spacial score (nSPS) is 14.6. The molecule has 0 aliphatic carbocycles. The van der Waals surface area contributed by atoms with Gasteiger partial charge in [0.25, 0.3) is 0 Å². The Morgan fingerprint density at radius 2 is 1.38 bits per heavy atom. The average molecular weight is 395 g/mol. The SMILES string of the molecule is O=S(=O)(Oc1cccc(C(F)(F)C(F)(F)C(F)(F)F)n1)C(F)(F)F. The standard InChI is InChI=1S/C9H3F10NO3S/c10-6(11,7(12,13)8(14,15)16)4-2-1-3-5(20-4)23-24(21,22)9(17,18)19/h1-3H. The van der Waals surface area contributed by atoms with E-state index in [1.165, 1.54) is 0 Å². The largest absolute Gasteiger partial charge is 0.534 e. The van der Waals surface area contributed by atoms with E-state index < -0.39 is 45.2 Å². The molecule has 0 N–H and O–H groups in total. The summed E-state index contributed by atoms with van der Waals surface area (Å²) in [4.78, 5) is 2.29. The van der Waals surface area contributed by atoms with Crippen LogP contribution in [0.25, 0.3) is 0 Å². The Morgan fingerprint density at radius 3 is 1.79 bits per heavy atom. The summed E-state index contributed by atoms with van der Waals surface area (Å²) >= 11 is 0. The summed E-state index contributed by atoms with van der Waals surface area (Å²) < 4.78 is 149. The monoisotopic (exact) mass is 395 g/mol. The fraction of sp³-hybridized carbons (Fsp3) is 0.444. The van der Waals surface area contributed by atoms with Gasteiger partial charge in [0.15, 0.2) is 0 Å². The molecule has 1 heterocycles. The van der Waals surface area contributed by atoms with Crippen molar-refractivity contribution in [2.24, 2.45) is 0 Å². The molecule has 0 spiro atoms. The van der Waals surface area contributed by atoms with Gasteiger partial charge in [-0.1, -0.05) is 6.07 Å². The van der Waals surface area contributed by atoms with E-state index in [4.69, 9.17) is 0 Å². The Hall–Kier alpha value is -1.80. The second-order valence-corrected chi connectivity index (χ2v) is 5.53. The van der Waals surface area contributed by atoms with Crippen LogP contribution in [0.5, 0.6) is 5.88 Å². The Bertz CT molecular complexity index is 709. The first-order valence-corrected chi connectivity index (χ1v) is 6.65. The van der Waals surface area contributed by atoms with Gasteiger partial charge in [0, 0.05) is 6.07 Å². The van der Waals surface area contributed by atoms with Gasteiger partial charge in [-0.25, -0.2) is 4.98 Å². The van der Waals surface area contributed by atoms with Crippen molar-refractivity contribution in [3.63, 3.8) is 0 Å². The van der Waals surface area contributed by atoms with E-state index in [1.54, 1.807) is 0 Å². The Morgan fingerprint density at radius 1 is 0.875 bits per heavy atom. The Labute approximate surface area is 126 Å². The lowest BCUT2D eigenvalue weighted by atomic mass is 10.1. The maximum absolute atomic E-state index is 13.3. The molecule has 0 radical (unpaired) electrons.